The molecule has 0 aliphatic rings. The minimum absolute atomic E-state index is 0.0356. The van der Waals surface area contributed by atoms with Crippen molar-refractivity contribution in [2.45, 2.75) is 19.4 Å². The first-order valence-corrected chi connectivity index (χ1v) is 4.68. The fourth-order valence-corrected chi connectivity index (χ4v) is 1.13. The van der Waals surface area contributed by atoms with Crippen LogP contribution >= 0.6 is 0 Å². The first-order valence-electron chi connectivity index (χ1n) is 4.68. The molecule has 0 saturated carbocycles. The zero-order chi connectivity index (χ0) is 10.4. The lowest BCUT2D eigenvalue weighted by molar-refractivity contribution is 0.168. The second-order valence-corrected chi connectivity index (χ2v) is 3.12. The highest BCUT2D eigenvalue weighted by Crippen LogP contribution is 2.18. The van der Waals surface area contributed by atoms with Crippen LogP contribution in [0.5, 0.6) is 11.5 Å². The van der Waals surface area contributed by atoms with Gasteiger partial charge in [0.15, 0.2) is 0 Å². The summed E-state index contributed by atoms with van der Waals surface area (Å²) in [5.74, 6) is 1.61. The van der Waals surface area contributed by atoms with Crippen molar-refractivity contribution in [1.82, 2.24) is 0 Å². The molecule has 1 atom stereocenters. The molecule has 0 radical (unpaired) electrons. The number of benzene rings is 1. The van der Waals surface area contributed by atoms with Crippen LogP contribution in [0.15, 0.2) is 24.3 Å². The van der Waals surface area contributed by atoms with Crippen molar-refractivity contribution in [3.63, 3.8) is 0 Å². The highest BCUT2D eigenvalue weighted by molar-refractivity contribution is 5.31. The quantitative estimate of drug-likeness (QED) is 0.781. The lowest BCUT2D eigenvalue weighted by atomic mass is 10.3. The molecule has 1 N–H and O–H groups in total. The van der Waals surface area contributed by atoms with Crippen LogP contribution in [0.25, 0.3) is 0 Å². The third-order valence-corrected chi connectivity index (χ3v) is 1.93. The fraction of sp³-hybridized carbons (Fsp3) is 0.455. The molecule has 1 aromatic carbocycles. The number of hydrogen-bond acceptors (Lipinski definition) is 3. The monoisotopic (exact) mass is 196 g/mol. The van der Waals surface area contributed by atoms with E-state index in [-0.39, 0.29) is 12.7 Å². The lowest BCUT2D eigenvalue weighted by Crippen LogP contribution is -2.13. The van der Waals surface area contributed by atoms with E-state index in [4.69, 9.17) is 14.6 Å². The van der Waals surface area contributed by atoms with Gasteiger partial charge in [0, 0.05) is 13.0 Å². The number of methoxy groups -OCH3 is 1. The maximum Gasteiger partial charge on any atom is 0.119 e. The predicted molar refractivity (Wildman–Crippen MR) is 54.8 cm³/mol. The van der Waals surface area contributed by atoms with Crippen LogP contribution in [0, 0.1) is 0 Å². The molecule has 3 nitrogen and oxygen atoms in total. The zero-order valence-electron chi connectivity index (χ0n) is 8.56. The van der Waals surface area contributed by atoms with Crippen LogP contribution in [0.3, 0.4) is 0 Å². The SMILES string of the molecule is COc1ccc(OC(C)CCO)cc1. The van der Waals surface area contributed by atoms with Gasteiger partial charge in [0.25, 0.3) is 0 Å². The van der Waals surface area contributed by atoms with Crippen molar-refractivity contribution in [2.75, 3.05) is 13.7 Å². The summed E-state index contributed by atoms with van der Waals surface area (Å²) in [7, 11) is 1.63. The first-order chi connectivity index (χ1) is 6.76. The van der Waals surface area contributed by atoms with Crippen molar-refractivity contribution < 1.29 is 14.6 Å². The summed E-state index contributed by atoms with van der Waals surface area (Å²) in [4.78, 5) is 0. The van der Waals surface area contributed by atoms with Crippen LogP contribution in [-0.2, 0) is 0 Å². The van der Waals surface area contributed by atoms with Gasteiger partial charge in [0.1, 0.15) is 11.5 Å². The molecule has 3 heteroatoms. The number of aliphatic hydroxyl groups is 1. The van der Waals surface area contributed by atoms with Gasteiger partial charge in [0.05, 0.1) is 13.2 Å². The molecule has 0 heterocycles. The Morgan fingerprint density at radius 2 is 1.79 bits per heavy atom. The van der Waals surface area contributed by atoms with Crippen LogP contribution in [0.4, 0.5) is 0 Å². The third-order valence-electron chi connectivity index (χ3n) is 1.93. The topological polar surface area (TPSA) is 38.7 Å². The second kappa shape index (κ2) is 5.50. The summed E-state index contributed by atoms with van der Waals surface area (Å²) in [6.07, 6.45) is 0.680. The Labute approximate surface area is 84.3 Å². The normalized spacial score (nSPS) is 12.2. The van der Waals surface area contributed by atoms with Crippen molar-refractivity contribution in [3.05, 3.63) is 24.3 Å². The maximum atomic E-state index is 8.70. The molecule has 0 aromatic heterocycles. The van der Waals surface area contributed by atoms with Gasteiger partial charge in [-0.3, -0.25) is 0 Å². The van der Waals surface area contributed by atoms with Gasteiger partial charge in [-0.25, -0.2) is 0 Å². The summed E-state index contributed by atoms with van der Waals surface area (Å²) < 4.78 is 10.6. The molecule has 0 aliphatic heterocycles. The molecule has 0 aliphatic carbocycles. The second-order valence-electron chi connectivity index (χ2n) is 3.12. The summed E-state index contributed by atoms with van der Waals surface area (Å²) >= 11 is 0. The van der Waals surface area contributed by atoms with Gasteiger partial charge in [-0.2, -0.15) is 0 Å². The Morgan fingerprint density at radius 3 is 2.29 bits per heavy atom. The van der Waals surface area contributed by atoms with Gasteiger partial charge in [0.2, 0.25) is 0 Å². The largest absolute Gasteiger partial charge is 0.497 e. The van der Waals surface area contributed by atoms with Gasteiger partial charge < -0.3 is 14.6 Å². The van der Waals surface area contributed by atoms with Gasteiger partial charge in [-0.05, 0) is 31.2 Å². The van der Waals surface area contributed by atoms with Crippen molar-refractivity contribution in [1.29, 1.82) is 0 Å². The van der Waals surface area contributed by atoms with Gasteiger partial charge >= 0.3 is 0 Å². The number of rotatable bonds is 5. The zero-order valence-corrected chi connectivity index (χ0v) is 8.56. The van der Waals surface area contributed by atoms with Crippen molar-refractivity contribution in [2.24, 2.45) is 0 Å². The molecular formula is C11H16O3. The standard InChI is InChI=1S/C11H16O3/c1-9(7-8-12)14-11-5-3-10(13-2)4-6-11/h3-6,9,12H,7-8H2,1-2H3. The smallest absolute Gasteiger partial charge is 0.119 e. The first kappa shape index (κ1) is 10.9. The van der Waals surface area contributed by atoms with E-state index >= 15 is 0 Å². The van der Waals surface area contributed by atoms with E-state index in [1.165, 1.54) is 0 Å². The molecule has 1 aromatic rings. The molecule has 0 fully saturated rings. The van der Waals surface area contributed by atoms with E-state index in [9.17, 15) is 0 Å². The average molecular weight is 196 g/mol. The van der Waals surface area contributed by atoms with E-state index in [0.29, 0.717) is 6.42 Å². The third kappa shape index (κ3) is 3.26. The number of hydrogen-bond donors (Lipinski definition) is 1. The maximum absolute atomic E-state index is 8.70. The van der Waals surface area contributed by atoms with Crippen molar-refractivity contribution in [3.8, 4) is 11.5 Å². The molecular weight excluding hydrogens is 180 g/mol. The van der Waals surface area contributed by atoms with E-state index in [2.05, 4.69) is 0 Å². The van der Waals surface area contributed by atoms with Gasteiger partial charge in [-0.15, -0.1) is 0 Å². The Hall–Kier alpha value is -1.22. The Kier molecular flexibility index (Phi) is 4.26. The summed E-state index contributed by atoms with van der Waals surface area (Å²) in [6, 6.07) is 7.40. The van der Waals surface area contributed by atoms with Crippen molar-refractivity contribution >= 4 is 0 Å². The molecule has 1 unspecified atom stereocenters. The molecule has 14 heavy (non-hydrogen) atoms. The number of ether oxygens (including phenoxy) is 2. The minimum atomic E-state index is 0.0356. The van der Waals surface area contributed by atoms with Crippen LogP contribution in [0.1, 0.15) is 13.3 Å². The highest BCUT2D eigenvalue weighted by atomic mass is 16.5. The lowest BCUT2D eigenvalue weighted by Gasteiger charge is -2.13. The van der Waals surface area contributed by atoms with E-state index in [1.807, 2.05) is 31.2 Å². The Balaban J connectivity index is 2.50. The predicted octanol–water partition coefficient (Wildman–Crippen LogP) is 1.84. The minimum Gasteiger partial charge on any atom is -0.497 e. The van der Waals surface area contributed by atoms with E-state index < -0.39 is 0 Å². The van der Waals surface area contributed by atoms with Crippen LogP contribution in [-0.4, -0.2) is 24.9 Å². The van der Waals surface area contributed by atoms with Crippen LogP contribution < -0.4 is 9.47 Å². The molecule has 0 bridgehead atoms. The molecule has 1 rings (SSSR count). The van der Waals surface area contributed by atoms with E-state index in [1.54, 1.807) is 7.11 Å². The summed E-state index contributed by atoms with van der Waals surface area (Å²) in [6.45, 7) is 2.08. The molecule has 0 saturated heterocycles. The van der Waals surface area contributed by atoms with Gasteiger partial charge in [-0.1, -0.05) is 0 Å². The number of aliphatic hydroxyl groups excluding tert-OH is 1. The Bertz CT molecular complexity index is 256. The Morgan fingerprint density at radius 1 is 1.21 bits per heavy atom. The molecule has 0 amide bonds. The highest BCUT2D eigenvalue weighted by Gasteiger charge is 2.02. The fourth-order valence-electron chi connectivity index (χ4n) is 1.13. The average Bonchev–Trinajstić information content (AvgIpc) is 2.19. The summed E-state index contributed by atoms with van der Waals surface area (Å²) in [5, 5.41) is 8.70. The molecule has 78 valence electrons. The molecule has 0 spiro atoms. The summed E-state index contributed by atoms with van der Waals surface area (Å²) in [5.41, 5.74) is 0. The van der Waals surface area contributed by atoms with Crippen LogP contribution in [0.2, 0.25) is 0 Å². The van der Waals surface area contributed by atoms with E-state index in [0.717, 1.165) is 11.5 Å².